The molecule has 23 heavy (non-hydrogen) atoms. The lowest BCUT2D eigenvalue weighted by atomic mass is 9.93. The average Bonchev–Trinajstić information content (AvgIpc) is 2.55. The van der Waals surface area contributed by atoms with Gasteiger partial charge in [-0.1, -0.05) is 0 Å². The summed E-state index contributed by atoms with van der Waals surface area (Å²) in [5.74, 6) is 0.315. The summed E-state index contributed by atoms with van der Waals surface area (Å²) >= 11 is 1.62. The number of carboxylic acid groups (broad SMARTS) is 1. The second-order valence-electron chi connectivity index (χ2n) is 5.78. The lowest BCUT2D eigenvalue weighted by molar-refractivity contribution is -0.147. The maximum Gasteiger partial charge on any atom is 0.308 e. The minimum absolute atomic E-state index is 0.0458. The van der Waals surface area contributed by atoms with Crippen molar-refractivity contribution in [3.63, 3.8) is 0 Å². The summed E-state index contributed by atoms with van der Waals surface area (Å²) < 4.78 is 5.11. The molecule has 1 N–H and O–H groups in total. The van der Waals surface area contributed by atoms with Crippen LogP contribution in [0.25, 0.3) is 0 Å². The first-order valence-electron chi connectivity index (χ1n) is 7.80. The fraction of sp³-hybridized carbons (Fsp3) is 0.529. The van der Waals surface area contributed by atoms with Crippen LogP contribution in [-0.4, -0.2) is 47.3 Å². The van der Waals surface area contributed by atoms with E-state index < -0.39 is 11.9 Å². The molecule has 2 rings (SSSR count). The number of hydrogen-bond acceptors (Lipinski definition) is 4. The minimum atomic E-state index is -0.803. The van der Waals surface area contributed by atoms with E-state index in [2.05, 4.69) is 0 Å². The van der Waals surface area contributed by atoms with Gasteiger partial charge in [0, 0.05) is 29.7 Å². The minimum Gasteiger partial charge on any atom is -0.497 e. The summed E-state index contributed by atoms with van der Waals surface area (Å²) in [5.41, 5.74) is 0. The number of piperidine rings is 1. The van der Waals surface area contributed by atoms with Crippen LogP contribution >= 0.6 is 11.8 Å². The van der Waals surface area contributed by atoms with Crippen molar-refractivity contribution in [2.75, 3.05) is 19.4 Å². The Hall–Kier alpha value is -1.69. The molecular formula is C17H23NO4S. The molecule has 1 amide bonds. The number of carboxylic acids is 1. The second kappa shape index (κ2) is 8.24. The number of hydrogen-bond donors (Lipinski definition) is 1. The van der Waals surface area contributed by atoms with Gasteiger partial charge in [-0.05, 0) is 44.0 Å². The molecule has 6 heteroatoms. The predicted molar refractivity (Wildman–Crippen MR) is 89.9 cm³/mol. The molecule has 0 spiro atoms. The molecule has 0 aliphatic carbocycles. The summed E-state index contributed by atoms with van der Waals surface area (Å²) in [6, 6.07) is 7.86. The van der Waals surface area contributed by atoms with Gasteiger partial charge in [0.05, 0.1) is 13.0 Å². The van der Waals surface area contributed by atoms with Gasteiger partial charge >= 0.3 is 5.97 Å². The summed E-state index contributed by atoms with van der Waals surface area (Å²) in [6.07, 6.45) is 1.84. The van der Waals surface area contributed by atoms with E-state index in [9.17, 15) is 9.59 Å². The van der Waals surface area contributed by atoms with Gasteiger partial charge in [0.25, 0.3) is 0 Å². The highest BCUT2D eigenvalue weighted by atomic mass is 32.2. The number of nitrogens with zero attached hydrogens (tertiary/aromatic N) is 1. The van der Waals surface area contributed by atoms with Crippen LogP contribution in [0, 0.1) is 5.92 Å². The molecule has 0 bridgehead atoms. The number of thioether (sulfide) groups is 1. The van der Waals surface area contributed by atoms with Crippen LogP contribution in [-0.2, 0) is 9.59 Å². The number of carbonyl (C=O) groups excluding carboxylic acids is 1. The lowest BCUT2D eigenvalue weighted by Crippen LogP contribution is -2.47. The normalized spacial score (nSPS) is 21.0. The van der Waals surface area contributed by atoms with Gasteiger partial charge in [-0.3, -0.25) is 9.59 Å². The fourth-order valence-corrected chi connectivity index (χ4v) is 3.57. The van der Waals surface area contributed by atoms with Gasteiger partial charge in [0.1, 0.15) is 5.75 Å². The first kappa shape index (κ1) is 17.7. The highest BCUT2D eigenvalue weighted by molar-refractivity contribution is 7.99. The third kappa shape index (κ3) is 4.89. The summed E-state index contributed by atoms with van der Waals surface area (Å²) in [5, 5.41) is 9.14. The molecule has 1 aliphatic rings. The molecule has 1 aromatic rings. The quantitative estimate of drug-likeness (QED) is 0.809. The van der Waals surface area contributed by atoms with Crippen LogP contribution in [0.4, 0.5) is 0 Å². The van der Waals surface area contributed by atoms with Crippen molar-refractivity contribution >= 4 is 23.6 Å². The maximum atomic E-state index is 12.4. The molecule has 5 nitrogen and oxygen atoms in total. The highest BCUT2D eigenvalue weighted by Gasteiger charge is 2.32. The largest absolute Gasteiger partial charge is 0.497 e. The van der Waals surface area contributed by atoms with Crippen LogP contribution in [0.2, 0.25) is 0 Å². The molecule has 1 heterocycles. The van der Waals surface area contributed by atoms with Crippen LogP contribution in [0.5, 0.6) is 5.75 Å². The maximum absolute atomic E-state index is 12.4. The average molecular weight is 337 g/mol. The number of aliphatic carboxylic acids is 1. The summed E-state index contributed by atoms with van der Waals surface area (Å²) in [4.78, 5) is 26.3. The van der Waals surface area contributed by atoms with E-state index in [1.807, 2.05) is 31.2 Å². The first-order valence-corrected chi connectivity index (χ1v) is 8.79. The van der Waals surface area contributed by atoms with E-state index in [1.54, 1.807) is 23.8 Å². The van der Waals surface area contributed by atoms with Crippen molar-refractivity contribution in [3.8, 4) is 5.75 Å². The Morgan fingerprint density at radius 3 is 2.61 bits per heavy atom. The molecule has 0 radical (unpaired) electrons. The molecule has 0 aromatic heterocycles. The van der Waals surface area contributed by atoms with Gasteiger partial charge in [-0.25, -0.2) is 0 Å². The Labute approximate surface area is 141 Å². The van der Waals surface area contributed by atoms with Crippen LogP contribution in [0.3, 0.4) is 0 Å². The topological polar surface area (TPSA) is 66.8 Å². The van der Waals surface area contributed by atoms with Crippen LogP contribution in [0.15, 0.2) is 29.2 Å². The molecule has 126 valence electrons. The second-order valence-corrected chi connectivity index (χ2v) is 6.95. The van der Waals surface area contributed by atoms with Crippen molar-refractivity contribution in [1.82, 2.24) is 4.90 Å². The Balaban J connectivity index is 1.82. The van der Waals surface area contributed by atoms with Gasteiger partial charge in [0.2, 0.25) is 5.91 Å². The number of ether oxygens (including phenoxy) is 1. The Morgan fingerprint density at radius 1 is 1.30 bits per heavy atom. The van der Waals surface area contributed by atoms with Crippen molar-refractivity contribution in [2.45, 2.75) is 37.1 Å². The van der Waals surface area contributed by atoms with E-state index in [1.165, 1.54) is 0 Å². The number of rotatable bonds is 6. The summed E-state index contributed by atoms with van der Waals surface area (Å²) in [7, 11) is 1.63. The van der Waals surface area contributed by atoms with Gasteiger partial charge in [0.15, 0.2) is 0 Å². The molecule has 0 saturated carbocycles. The fourth-order valence-electron chi connectivity index (χ4n) is 2.73. The van der Waals surface area contributed by atoms with E-state index in [0.717, 1.165) is 17.1 Å². The zero-order valence-corrected chi connectivity index (χ0v) is 14.3. The number of likely N-dealkylation sites (tertiary alicyclic amines) is 1. The number of benzene rings is 1. The van der Waals surface area contributed by atoms with E-state index >= 15 is 0 Å². The SMILES string of the molecule is COc1ccc(SCCC(=O)N2CC(C(=O)O)CCC2C)cc1. The molecule has 1 saturated heterocycles. The molecule has 2 atom stereocenters. The van der Waals surface area contributed by atoms with Gasteiger partial charge in [-0.2, -0.15) is 0 Å². The molecule has 2 unspecified atom stereocenters. The van der Waals surface area contributed by atoms with Crippen molar-refractivity contribution in [3.05, 3.63) is 24.3 Å². The monoisotopic (exact) mass is 337 g/mol. The predicted octanol–water partition coefficient (Wildman–Crippen LogP) is 2.89. The first-order chi connectivity index (χ1) is 11.0. The van der Waals surface area contributed by atoms with E-state index in [-0.39, 0.29) is 11.9 Å². The van der Waals surface area contributed by atoms with Crippen molar-refractivity contribution < 1.29 is 19.4 Å². The summed E-state index contributed by atoms with van der Waals surface area (Å²) in [6.45, 7) is 2.33. The Morgan fingerprint density at radius 2 is 2.00 bits per heavy atom. The van der Waals surface area contributed by atoms with Crippen molar-refractivity contribution in [1.29, 1.82) is 0 Å². The third-order valence-corrected chi connectivity index (χ3v) is 5.21. The van der Waals surface area contributed by atoms with Crippen LogP contribution in [0.1, 0.15) is 26.2 Å². The van der Waals surface area contributed by atoms with Crippen molar-refractivity contribution in [2.24, 2.45) is 5.92 Å². The third-order valence-electron chi connectivity index (χ3n) is 4.20. The molecule has 1 aliphatic heterocycles. The molecular weight excluding hydrogens is 314 g/mol. The standard InChI is InChI=1S/C17H23NO4S/c1-12-3-4-13(17(20)21)11-18(12)16(19)9-10-23-15-7-5-14(22-2)6-8-15/h5-8,12-13H,3-4,9-11H2,1-2H3,(H,20,21). The zero-order chi connectivity index (χ0) is 16.8. The Kier molecular flexibility index (Phi) is 6.33. The highest BCUT2D eigenvalue weighted by Crippen LogP contribution is 2.25. The van der Waals surface area contributed by atoms with Gasteiger partial charge in [-0.15, -0.1) is 11.8 Å². The van der Waals surface area contributed by atoms with Gasteiger partial charge < -0.3 is 14.7 Å². The zero-order valence-electron chi connectivity index (χ0n) is 13.5. The number of methoxy groups -OCH3 is 1. The van der Waals surface area contributed by atoms with E-state index in [0.29, 0.717) is 25.1 Å². The molecule has 1 aromatic carbocycles. The smallest absolute Gasteiger partial charge is 0.308 e. The van der Waals surface area contributed by atoms with Crippen LogP contribution < -0.4 is 4.74 Å². The molecule has 1 fully saturated rings. The Bertz CT molecular complexity index is 546. The number of amides is 1. The number of carbonyl (C=O) groups is 2. The van der Waals surface area contributed by atoms with E-state index in [4.69, 9.17) is 9.84 Å². The lowest BCUT2D eigenvalue weighted by Gasteiger charge is -2.36.